The van der Waals surface area contributed by atoms with E-state index >= 15 is 0 Å². The van der Waals surface area contributed by atoms with Gasteiger partial charge < -0.3 is 18.9 Å². The van der Waals surface area contributed by atoms with Crippen LogP contribution in [0.25, 0.3) is 0 Å². The van der Waals surface area contributed by atoms with E-state index in [0.717, 1.165) is 6.42 Å². The highest BCUT2D eigenvalue weighted by atomic mass is 16.7. The van der Waals surface area contributed by atoms with Crippen LogP contribution in [0.4, 0.5) is 0 Å². The van der Waals surface area contributed by atoms with E-state index in [1.54, 1.807) is 18.2 Å². The summed E-state index contributed by atoms with van der Waals surface area (Å²) in [5.74, 6) is -1.19. The largest absolute Gasteiger partial charge is 0.493 e. The first-order valence-electron chi connectivity index (χ1n) is 9.80. The zero-order chi connectivity index (χ0) is 21.7. The first kappa shape index (κ1) is 20.0. The van der Waals surface area contributed by atoms with Crippen molar-refractivity contribution in [3.8, 4) is 29.7 Å². The van der Waals surface area contributed by atoms with Crippen molar-refractivity contribution in [2.24, 2.45) is 22.7 Å². The van der Waals surface area contributed by atoms with Gasteiger partial charge in [0.2, 0.25) is 17.1 Å². The molecule has 5 unspecified atom stereocenters. The summed E-state index contributed by atoms with van der Waals surface area (Å²) in [7, 11) is 2.95. The van der Waals surface area contributed by atoms with Gasteiger partial charge in [0, 0.05) is 12.0 Å². The van der Waals surface area contributed by atoms with E-state index in [2.05, 4.69) is 25.1 Å². The van der Waals surface area contributed by atoms with Crippen molar-refractivity contribution in [1.82, 2.24) is 0 Å². The van der Waals surface area contributed by atoms with Gasteiger partial charge in [0.15, 0.2) is 16.9 Å². The Morgan fingerprint density at radius 2 is 1.87 bits per heavy atom. The molecular weight excluding hydrogens is 384 g/mol. The minimum absolute atomic E-state index is 0.256. The second kappa shape index (κ2) is 6.62. The summed E-state index contributed by atoms with van der Waals surface area (Å²) in [5.41, 5.74) is -3.34. The van der Waals surface area contributed by atoms with Gasteiger partial charge in [0.1, 0.15) is 6.10 Å². The predicted molar refractivity (Wildman–Crippen MR) is 103 cm³/mol. The lowest BCUT2D eigenvalue weighted by Gasteiger charge is -2.52. The molecule has 1 aliphatic carbocycles. The second-order valence-corrected chi connectivity index (χ2v) is 8.21. The van der Waals surface area contributed by atoms with E-state index in [1.807, 2.05) is 0 Å². The summed E-state index contributed by atoms with van der Waals surface area (Å²) in [5, 5.41) is 39.6. The lowest BCUT2D eigenvalue weighted by Crippen LogP contribution is -2.61. The third-order valence-corrected chi connectivity index (χ3v) is 6.89. The summed E-state index contributed by atoms with van der Waals surface area (Å²) in [4.78, 5) is 0. The number of ether oxygens (including phenoxy) is 4. The van der Waals surface area contributed by atoms with Crippen LogP contribution in [0.1, 0.15) is 37.9 Å². The fraction of sp³-hybridized carbons (Fsp3) is 0.545. The highest BCUT2D eigenvalue weighted by Crippen LogP contribution is 2.70. The van der Waals surface area contributed by atoms with Crippen LogP contribution < -0.4 is 9.47 Å². The fourth-order valence-corrected chi connectivity index (χ4v) is 5.43. The Hall–Kier alpha value is -3.28. The van der Waals surface area contributed by atoms with Gasteiger partial charge in [-0.1, -0.05) is 19.1 Å². The first-order chi connectivity index (χ1) is 14.4. The number of para-hydroxylation sites is 1. The van der Waals surface area contributed by atoms with Gasteiger partial charge in [0.05, 0.1) is 38.3 Å². The Labute approximate surface area is 175 Å². The average Bonchev–Trinajstić information content (AvgIpc) is 2.96. The summed E-state index contributed by atoms with van der Waals surface area (Å²) in [6, 6.07) is 11.4. The lowest BCUT2D eigenvalue weighted by molar-refractivity contribution is -0.298. The summed E-state index contributed by atoms with van der Waals surface area (Å²) in [6.07, 6.45) is 0.632. The Morgan fingerprint density at radius 1 is 1.13 bits per heavy atom. The van der Waals surface area contributed by atoms with Crippen LogP contribution in [0.5, 0.6) is 11.5 Å². The van der Waals surface area contributed by atoms with Gasteiger partial charge in [-0.05, 0) is 24.8 Å². The fourth-order valence-electron chi connectivity index (χ4n) is 5.43. The summed E-state index contributed by atoms with van der Waals surface area (Å²) >= 11 is 0. The molecule has 4 rings (SSSR count). The molecule has 2 aliphatic heterocycles. The molecule has 0 spiro atoms. The topological polar surface area (TPSA) is 132 Å². The van der Waals surface area contributed by atoms with Crippen LogP contribution in [-0.4, -0.2) is 25.9 Å². The molecule has 30 heavy (non-hydrogen) atoms. The monoisotopic (exact) mass is 406 g/mol. The molecule has 2 heterocycles. The molecule has 5 atom stereocenters. The predicted octanol–water partition coefficient (Wildman–Crippen LogP) is 3.46. The molecule has 8 heteroatoms. The molecule has 2 bridgehead atoms. The number of hydrogen-bond acceptors (Lipinski definition) is 8. The van der Waals surface area contributed by atoms with Crippen LogP contribution in [-0.2, 0) is 9.47 Å². The van der Waals surface area contributed by atoms with Gasteiger partial charge in [0.25, 0.3) is 0 Å². The summed E-state index contributed by atoms with van der Waals surface area (Å²) in [6.45, 7) is 2.05. The van der Waals surface area contributed by atoms with Crippen LogP contribution in [0.15, 0.2) is 18.2 Å². The quantitative estimate of drug-likeness (QED) is 0.813. The molecule has 8 nitrogen and oxygen atoms in total. The maximum absolute atomic E-state index is 10.4. The Kier molecular flexibility index (Phi) is 4.42. The van der Waals surface area contributed by atoms with Gasteiger partial charge in [-0.15, -0.1) is 0 Å². The lowest BCUT2D eigenvalue weighted by atomic mass is 9.50. The molecule has 1 saturated carbocycles. The molecule has 1 aromatic carbocycles. The third-order valence-electron chi connectivity index (χ3n) is 6.89. The van der Waals surface area contributed by atoms with E-state index < -0.39 is 28.6 Å². The first-order valence-corrected chi connectivity index (χ1v) is 9.80. The third kappa shape index (κ3) is 2.13. The normalized spacial score (nSPS) is 35.7. The number of hydrogen-bond donors (Lipinski definition) is 1. The highest BCUT2D eigenvalue weighted by molar-refractivity contribution is 5.89. The minimum Gasteiger partial charge on any atom is -0.493 e. The smallest absolute Gasteiger partial charge is 0.217 e. The Morgan fingerprint density at radius 3 is 2.47 bits per heavy atom. The number of methoxy groups -OCH3 is 2. The maximum atomic E-state index is 10.4. The Bertz CT molecular complexity index is 1020. The summed E-state index contributed by atoms with van der Waals surface area (Å²) < 4.78 is 23.3. The SMILES string of the molecule is COc1cccc(C2OC34CCC(C)CC3C(C#N)(C(=N)O4)C2(C#N)C#N)c1OC. The molecule has 2 saturated heterocycles. The van der Waals surface area contributed by atoms with Gasteiger partial charge in [-0.3, -0.25) is 5.41 Å². The van der Waals surface area contributed by atoms with Crippen LogP contribution in [0.3, 0.4) is 0 Å². The van der Waals surface area contributed by atoms with Gasteiger partial charge >= 0.3 is 0 Å². The van der Waals surface area contributed by atoms with E-state index in [0.29, 0.717) is 29.9 Å². The van der Waals surface area contributed by atoms with Crippen molar-refractivity contribution >= 4 is 5.90 Å². The second-order valence-electron chi connectivity index (χ2n) is 8.21. The van der Waals surface area contributed by atoms with E-state index in [4.69, 9.17) is 24.4 Å². The molecule has 0 radical (unpaired) electrons. The molecule has 1 N–H and O–H groups in total. The zero-order valence-corrected chi connectivity index (χ0v) is 17.1. The van der Waals surface area contributed by atoms with Crippen LogP contribution >= 0.6 is 0 Å². The van der Waals surface area contributed by atoms with E-state index in [1.165, 1.54) is 14.2 Å². The van der Waals surface area contributed by atoms with Crippen LogP contribution in [0, 0.1) is 62.1 Å². The highest BCUT2D eigenvalue weighted by Gasteiger charge is 2.81. The minimum atomic E-state index is -2.00. The van der Waals surface area contributed by atoms with Gasteiger partial charge in [-0.2, -0.15) is 15.8 Å². The van der Waals surface area contributed by atoms with E-state index in [-0.39, 0.29) is 11.8 Å². The molecular formula is C22H22N4O4. The van der Waals surface area contributed by atoms with Crippen LogP contribution in [0.2, 0.25) is 0 Å². The molecule has 0 amide bonds. The number of nitrogens with one attached hydrogen (secondary N) is 1. The Balaban J connectivity index is 2.02. The molecule has 0 aromatic heterocycles. The van der Waals surface area contributed by atoms with Crippen molar-refractivity contribution in [2.75, 3.05) is 14.2 Å². The van der Waals surface area contributed by atoms with E-state index in [9.17, 15) is 15.8 Å². The molecule has 154 valence electrons. The van der Waals surface area contributed by atoms with Crippen molar-refractivity contribution in [1.29, 1.82) is 21.2 Å². The van der Waals surface area contributed by atoms with Crippen molar-refractivity contribution in [3.63, 3.8) is 0 Å². The standard InChI is InChI=1S/C22H22N4O4/c1-13-7-8-22-16(9-13)21(12-25,19(26)30-22)20(10-23,11-24)18(29-22)14-5-4-6-15(27-2)17(14)28-3/h4-6,13,16,18,26H,7-9H2,1-3H3. The van der Waals surface area contributed by atoms with Crippen molar-refractivity contribution in [2.45, 2.75) is 38.1 Å². The molecule has 1 aromatic rings. The van der Waals surface area contributed by atoms with Crippen molar-refractivity contribution in [3.05, 3.63) is 23.8 Å². The molecule has 3 aliphatic rings. The van der Waals surface area contributed by atoms with Crippen molar-refractivity contribution < 1.29 is 18.9 Å². The number of nitrogens with zero attached hydrogens (tertiary/aromatic N) is 3. The maximum Gasteiger partial charge on any atom is 0.217 e. The van der Waals surface area contributed by atoms with Gasteiger partial charge in [-0.25, -0.2) is 0 Å². The molecule has 3 fully saturated rings. The zero-order valence-electron chi connectivity index (χ0n) is 17.1. The number of nitriles is 3. The average molecular weight is 406 g/mol. The number of rotatable bonds is 3. The number of benzene rings is 1.